The first kappa shape index (κ1) is 9.51. The molecule has 1 aromatic rings. The molecule has 0 bridgehead atoms. The molecule has 0 unspecified atom stereocenters. The molecule has 4 nitrogen and oxygen atoms in total. The Kier molecular flexibility index (Phi) is 2.40. The topological polar surface area (TPSA) is 42.9 Å². The van der Waals surface area contributed by atoms with E-state index in [1.165, 1.54) is 12.0 Å². The van der Waals surface area contributed by atoms with Gasteiger partial charge in [0.15, 0.2) is 11.5 Å². The molecule has 0 fully saturated rings. The summed E-state index contributed by atoms with van der Waals surface area (Å²) in [7, 11) is 0. The molecule has 4 heteroatoms. The zero-order valence-electron chi connectivity index (χ0n) is 9.03. The van der Waals surface area contributed by atoms with Crippen LogP contribution in [0.4, 0.5) is 0 Å². The summed E-state index contributed by atoms with van der Waals surface area (Å²) in [6, 6.07) is 6.02. The van der Waals surface area contributed by atoms with E-state index in [1.807, 2.05) is 12.1 Å². The van der Waals surface area contributed by atoms with E-state index in [9.17, 15) is 0 Å². The van der Waals surface area contributed by atoms with Gasteiger partial charge >= 0.3 is 0 Å². The van der Waals surface area contributed by atoms with Gasteiger partial charge < -0.3 is 14.8 Å². The Bertz CT molecular complexity index is 429. The minimum absolute atomic E-state index is 0.332. The van der Waals surface area contributed by atoms with E-state index in [0.29, 0.717) is 6.79 Å². The first-order chi connectivity index (χ1) is 7.92. The number of fused-ring (bicyclic) bond motifs is 1. The number of aliphatic imine (C=N–C) groups is 1. The van der Waals surface area contributed by atoms with Crippen LogP contribution in [0.15, 0.2) is 23.2 Å². The van der Waals surface area contributed by atoms with Crippen molar-refractivity contribution in [2.45, 2.75) is 19.4 Å². The quantitative estimate of drug-likeness (QED) is 0.821. The third-order valence-corrected chi connectivity index (χ3v) is 2.81. The van der Waals surface area contributed by atoms with E-state index >= 15 is 0 Å². The number of hydrogen-bond donors (Lipinski definition) is 1. The second-order valence-electron chi connectivity index (χ2n) is 3.97. The maximum Gasteiger partial charge on any atom is 0.231 e. The summed E-state index contributed by atoms with van der Waals surface area (Å²) in [6.07, 6.45) is 2.24. The Balaban J connectivity index is 1.66. The second-order valence-corrected chi connectivity index (χ2v) is 3.97. The molecule has 0 aromatic heterocycles. The Hall–Kier alpha value is -1.71. The predicted molar refractivity (Wildman–Crippen MR) is 60.9 cm³/mol. The zero-order chi connectivity index (χ0) is 10.8. The van der Waals surface area contributed by atoms with E-state index in [0.717, 1.165) is 36.8 Å². The molecule has 84 valence electrons. The lowest BCUT2D eigenvalue weighted by molar-refractivity contribution is 0.174. The lowest BCUT2D eigenvalue weighted by Crippen LogP contribution is -2.20. The fourth-order valence-corrected chi connectivity index (χ4v) is 1.94. The van der Waals surface area contributed by atoms with Crippen LogP contribution in [0.3, 0.4) is 0 Å². The number of hydrogen-bond acceptors (Lipinski definition) is 4. The number of amidine groups is 1. The molecular weight excluding hydrogens is 204 g/mol. The Morgan fingerprint density at radius 2 is 2.19 bits per heavy atom. The van der Waals surface area contributed by atoms with E-state index in [1.54, 1.807) is 0 Å². The molecule has 1 N–H and O–H groups in total. The molecule has 1 aromatic carbocycles. The monoisotopic (exact) mass is 218 g/mol. The van der Waals surface area contributed by atoms with Crippen LogP contribution in [0, 0.1) is 0 Å². The normalized spacial score (nSPS) is 17.4. The van der Waals surface area contributed by atoms with Gasteiger partial charge in [-0.15, -0.1) is 0 Å². The average Bonchev–Trinajstić information content (AvgIpc) is 2.97. The molecule has 2 heterocycles. The zero-order valence-corrected chi connectivity index (χ0v) is 9.03. The van der Waals surface area contributed by atoms with Crippen LogP contribution in [0.2, 0.25) is 0 Å². The highest BCUT2D eigenvalue weighted by molar-refractivity contribution is 5.83. The first-order valence-corrected chi connectivity index (χ1v) is 5.57. The summed E-state index contributed by atoms with van der Waals surface area (Å²) in [5.41, 5.74) is 1.19. The summed E-state index contributed by atoms with van der Waals surface area (Å²) in [6.45, 7) is 2.10. The van der Waals surface area contributed by atoms with Crippen molar-refractivity contribution in [3.63, 3.8) is 0 Å². The van der Waals surface area contributed by atoms with Crippen molar-refractivity contribution in [2.24, 2.45) is 4.99 Å². The van der Waals surface area contributed by atoms with Gasteiger partial charge in [-0.1, -0.05) is 6.07 Å². The molecule has 0 atom stereocenters. The fraction of sp³-hybridized carbons (Fsp3) is 0.417. The minimum atomic E-state index is 0.332. The van der Waals surface area contributed by atoms with Crippen LogP contribution in [0.25, 0.3) is 0 Å². The fourth-order valence-electron chi connectivity index (χ4n) is 1.94. The van der Waals surface area contributed by atoms with Crippen molar-refractivity contribution >= 4 is 5.84 Å². The van der Waals surface area contributed by atoms with Crippen LogP contribution in [0.5, 0.6) is 11.5 Å². The van der Waals surface area contributed by atoms with Gasteiger partial charge in [0.2, 0.25) is 6.79 Å². The van der Waals surface area contributed by atoms with Gasteiger partial charge in [-0.3, -0.25) is 4.99 Å². The number of nitrogens with one attached hydrogen (secondary N) is 1. The molecule has 0 saturated heterocycles. The Morgan fingerprint density at radius 1 is 1.25 bits per heavy atom. The summed E-state index contributed by atoms with van der Waals surface area (Å²) < 4.78 is 10.6. The molecule has 0 aliphatic carbocycles. The SMILES string of the molecule is c1cc2c(cc1CNC1=NCCC1)OCO2. The standard InChI is InChI=1S/C12H14N2O2/c1-2-12(13-5-1)14-7-9-3-4-10-11(6-9)16-8-15-10/h3-4,6H,1-2,5,7-8H2,(H,13,14). The van der Waals surface area contributed by atoms with E-state index in [-0.39, 0.29) is 0 Å². The molecule has 0 radical (unpaired) electrons. The van der Waals surface area contributed by atoms with E-state index in [2.05, 4.69) is 16.4 Å². The summed E-state index contributed by atoms with van der Waals surface area (Å²) in [5, 5.41) is 3.34. The summed E-state index contributed by atoms with van der Waals surface area (Å²) >= 11 is 0. The van der Waals surface area contributed by atoms with Gasteiger partial charge in [-0.05, 0) is 24.1 Å². The number of ether oxygens (including phenoxy) is 2. The molecule has 0 amide bonds. The van der Waals surface area contributed by atoms with Gasteiger partial charge in [0.05, 0.1) is 5.84 Å². The highest BCUT2D eigenvalue weighted by Crippen LogP contribution is 2.32. The highest BCUT2D eigenvalue weighted by Gasteiger charge is 2.13. The highest BCUT2D eigenvalue weighted by atomic mass is 16.7. The maximum absolute atomic E-state index is 5.33. The van der Waals surface area contributed by atoms with E-state index in [4.69, 9.17) is 9.47 Å². The van der Waals surface area contributed by atoms with Crippen LogP contribution >= 0.6 is 0 Å². The van der Waals surface area contributed by atoms with Gasteiger partial charge in [0.25, 0.3) is 0 Å². The van der Waals surface area contributed by atoms with Crippen LogP contribution in [-0.4, -0.2) is 19.2 Å². The number of rotatable bonds is 2. The molecule has 2 aliphatic heterocycles. The van der Waals surface area contributed by atoms with Crippen molar-refractivity contribution in [1.29, 1.82) is 0 Å². The third kappa shape index (κ3) is 1.83. The van der Waals surface area contributed by atoms with Crippen molar-refractivity contribution in [3.05, 3.63) is 23.8 Å². The van der Waals surface area contributed by atoms with Gasteiger partial charge in [0.1, 0.15) is 0 Å². The predicted octanol–water partition coefficient (Wildman–Crippen LogP) is 1.70. The van der Waals surface area contributed by atoms with Gasteiger partial charge in [-0.25, -0.2) is 0 Å². The summed E-state index contributed by atoms with van der Waals surface area (Å²) in [4.78, 5) is 4.37. The molecule has 16 heavy (non-hydrogen) atoms. The van der Waals surface area contributed by atoms with Crippen molar-refractivity contribution in [2.75, 3.05) is 13.3 Å². The Morgan fingerprint density at radius 3 is 3.06 bits per heavy atom. The number of benzene rings is 1. The van der Waals surface area contributed by atoms with Crippen molar-refractivity contribution in [1.82, 2.24) is 5.32 Å². The lowest BCUT2D eigenvalue weighted by Gasteiger charge is -2.06. The average molecular weight is 218 g/mol. The first-order valence-electron chi connectivity index (χ1n) is 5.57. The largest absolute Gasteiger partial charge is 0.454 e. The smallest absolute Gasteiger partial charge is 0.231 e. The number of nitrogens with zero attached hydrogens (tertiary/aromatic N) is 1. The molecule has 2 aliphatic rings. The van der Waals surface area contributed by atoms with E-state index < -0.39 is 0 Å². The van der Waals surface area contributed by atoms with Crippen molar-refractivity contribution in [3.8, 4) is 11.5 Å². The third-order valence-electron chi connectivity index (χ3n) is 2.81. The van der Waals surface area contributed by atoms with Gasteiger partial charge in [-0.2, -0.15) is 0 Å². The van der Waals surface area contributed by atoms with Crippen molar-refractivity contribution < 1.29 is 9.47 Å². The Labute approximate surface area is 94.3 Å². The minimum Gasteiger partial charge on any atom is -0.454 e. The molecule has 0 spiro atoms. The van der Waals surface area contributed by atoms with Crippen LogP contribution < -0.4 is 14.8 Å². The van der Waals surface area contributed by atoms with Crippen LogP contribution in [0.1, 0.15) is 18.4 Å². The molecular formula is C12H14N2O2. The molecule has 0 saturated carbocycles. The lowest BCUT2D eigenvalue weighted by atomic mass is 10.2. The second kappa shape index (κ2) is 4.04. The maximum atomic E-state index is 5.33. The summed E-state index contributed by atoms with van der Waals surface area (Å²) in [5.74, 6) is 2.80. The van der Waals surface area contributed by atoms with Gasteiger partial charge in [0, 0.05) is 19.5 Å². The molecule has 3 rings (SSSR count). The van der Waals surface area contributed by atoms with Crippen LogP contribution in [-0.2, 0) is 6.54 Å².